The molecule has 1 aromatic carbocycles. The van der Waals surface area contributed by atoms with Gasteiger partial charge in [0.15, 0.2) is 0 Å². The highest BCUT2D eigenvalue weighted by molar-refractivity contribution is 6.16. The Kier molecular flexibility index (Phi) is 4.05. The zero-order valence-electron chi connectivity index (χ0n) is 9.53. The molecule has 0 amide bonds. The SMILES string of the molecule is COC(=O)/C(=C\N(C)C)c1ccccc1F. The van der Waals surface area contributed by atoms with Crippen LogP contribution in [-0.4, -0.2) is 32.1 Å². The molecule has 0 heterocycles. The summed E-state index contributed by atoms with van der Waals surface area (Å²) in [4.78, 5) is 13.2. The van der Waals surface area contributed by atoms with Crippen molar-refractivity contribution in [1.82, 2.24) is 4.90 Å². The fourth-order valence-corrected chi connectivity index (χ4v) is 1.28. The maximum atomic E-state index is 13.5. The molecule has 1 rings (SSSR count). The van der Waals surface area contributed by atoms with Crippen molar-refractivity contribution in [3.8, 4) is 0 Å². The highest BCUT2D eigenvalue weighted by atomic mass is 19.1. The van der Waals surface area contributed by atoms with Crippen LogP contribution in [0, 0.1) is 5.82 Å². The van der Waals surface area contributed by atoms with E-state index in [0.29, 0.717) is 0 Å². The zero-order valence-corrected chi connectivity index (χ0v) is 9.53. The molecule has 0 aliphatic heterocycles. The van der Waals surface area contributed by atoms with Gasteiger partial charge in [-0.05, 0) is 6.07 Å². The third-order valence-electron chi connectivity index (χ3n) is 1.96. The molecule has 0 aliphatic rings. The van der Waals surface area contributed by atoms with Crippen LogP contribution in [0.4, 0.5) is 4.39 Å². The summed E-state index contributed by atoms with van der Waals surface area (Å²) in [7, 11) is 4.78. The van der Waals surface area contributed by atoms with Crippen LogP contribution in [-0.2, 0) is 9.53 Å². The van der Waals surface area contributed by atoms with E-state index in [0.717, 1.165) is 0 Å². The van der Waals surface area contributed by atoms with Gasteiger partial charge in [0.25, 0.3) is 0 Å². The average molecular weight is 223 g/mol. The van der Waals surface area contributed by atoms with Crippen molar-refractivity contribution in [1.29, 1.82) is 0 Å². The van der Waals surface area contributed by atoms with Crippen molar-refractivity contribution in [2.24, 2.45) is 0 Å². The Hall–Kier alpha value is -1.84. The van der Waals surface area contributed by atoms with Crippen LogP contribution in [0.15, 0.2) is 30.5 Å². The summed E-state index contributed by atoms with van der Waals surface area (Å²) in [6.07, 6.45) is 1.53. The Morgan fingerprint density at radius 3 is 2.50 bits per heavy atom. The second-order valence-corrected chi connectivity index (χ2v) is 3.48. The molecular formula is C12H14FNO2. The maximum Gasteiger partial charge on any atom is 0.340 e. The van der Waals surface area contributed by atoms with E-state index in [9.17, 15) is 9.18 Å². The van der Waals surface area contributed by atoms with Gasteiger partial charge in [0.2, 0.25) is 0 Å². The molecule has 1 aromatic rings. The van der Waals surface area contributed by atoms with E-state index in [4.69, 9.17) is 0 Å². The van der Waals surface area contributed by atoms with E-state index in [2.05, 4.69) is 4.74 Å². The predicted octanol–water partition coefficient (Wildman–Crippen LogP) is 1.90. The lowest BCUT2D eigenvalue weighted by Crippen LogP contribution is -2.11. The fourth-order valence-electron chi connectivity index (χ4n) is 1.28. The van der Waals surface area contributed by atoms with E-state index in [1.54, 1.807) is 37.2 Å². The van der Waals surface area contributed by atoms with Gasteiger partial charge in [-0.3, -0.25) is 0 Å². The molecule has 16 heavy (non-hydrogen) atoms. The Morgan fingerprint density at radius 2 is 2.00 bits per heavy atom. The average Bonchev–Trinajstić information content (AvgIpc) is 2.26. The molecule has 0 bridgehead atoms. The summed E-state index contributed by atoms with van der Waals surface area (Å²) in [5.41, 5.74) is 0.439. The number of rotatable bonds is 3. The van der Waals surface area contributed by atoms with Gasteiger partial charge < -0.3 is 9.64 Å². The van der Waals surface area contributed by atoms with E-state index < -0.39 is 11.8 Å². The molecule has 3 nitrogen and oxygen atoms in total. The summed E-state index contributed by atoms with van der Waals surface area (Å²) in [5, 5.41) is 0. The largest absolute Gasteiger partial charge is 0.465 e. The number of nitrogens with zero attached hydrogens (tertiary/aromatic N) is 1. The standard InChI is InChI=1S/C12H14FNO2/c1-14(2)8-10(12(15)16-3)9-6-4-5-7-11(9)13/h4-8H,1-3H3/b10-8-. The van der Waals surface area contributed by atoms with Crippen molar-refractivity contribution in [3.63, 3.8) is 0 Å². The second-order valence-electron chi connectivity index (χ2n) is 3.48. The third kappa shape index (κ3) is 2.82. The Balaban J connectivity index is 3.22. The zero-order chi connectivity index (χ0) is 12.1. The number of halogens is 1. The van der Waals surface area contributed by atoms with Crippen molar-refractivity contribution in [3.05, 3.63) is 41.8 Å². The first-order valence-corrected chi connectivity index (χ1v) is 4.77. The number of ether oxygens (including phenoxy) is 1. The molecule has 0 fully saturated rings. The van der Waals surface area contributed by atoms with Crippen LogP contribution < -0.4 is 0 Å². The number of carbonyl (C=O) groups excluding carboxylic acids is 1. The molecule has 0 saturated carbocycles. The minimum atomic E-state index is -0.557. The number of carbonyl (C=O) groups is 1. The van der Waals surface area contributed by atoms with E-state index >= 15 is 0 Å². The van der Waals surface area contributed by atoms with Gasteiger partial charge >= 0.3 is 5.97 Å². The molecule has 4 heteroatoms. The number of methoxy groups -OCH3 is 1. The molecule has 0 N–H and O–H groups in total. The highest BCUT2D eigenvalue weighted by Crippen LogP contribution is 2.19. The van der Waals surface area contributed by atoms with Crippen molar-refractivity contribution >= 4 is 11.5 Å². The van der Waals surface area contributed by atoms with Gasteiger partial charge in [-0.2, -0.15) is 0 Å². The molecule has 0 saturated heterocycles. The predicted molar refractivity (Wildman–Crippen MR) is 60.1 cm³/mol. The molecule has 0 aromatic heterocycles. The number of esters is 1. The summed E-state index contributed by atoms with van der Waals surface area (Å²) in [5.74, 6) is -1.00. The second kappa shape index (κ2) is 5.30. The van der Waals surface area contributed by atoms with E-state index in [-0.39, 0.29) is 11.1 Å². The summed E-state index contributed by atoms with van der Waals surface area (Å²) >= 11 is 0. The minimum Gasteiger partial charge on any atom is -0.465 e. The Bertz CT molecular complexity index is 413. The van der Waals surface area contributed by atoms with Crippen molar-refractivity contribution in [2.45, 2.75) is 0 Å². The first kappa shape index (κ1) is 12.2. The summed E-state index contributed by atoms with van der Waals surface area (Å²) in [6, 6.07) is 6.09. The highest BCUT2D eigenvalue weighted by Gasteiger charge is 2.16. The summed E-state index contributed by atoms with van der Waals surface area (Å²) < 4.78 is 18.1. The molecule has 0 unspecified atom stereocenters. The monoisotopic (exact) mass is 223 g/mol. The van der Waals surface area contributed by atoms with Gasteiger partial charge in [-0.1, -0.05) is 18.2 Å². The normalized spacial score (nSPS) is 11.1. The van der Waals surface area contributed by atoms with Crippen LogP contribution in [0.2, 0.25) is 0 Å². The molecule has 86 valence electrons. The van der Waals surface area contributed by atoms with Gasteiger partial charge in [-0.25, -0.2) is 9.18 Å². The topological polar surface area (TPSA) is 29.5 Å². The lowest BCUT2D eigenvalue weighted by Gasteiger charge is -2.11. The van der Waals surface area contributed by atoms with Gasteiger partial charge in [0.05, 0.1) is 12.7 Å². The van der Waals surface area contributed by atoms with Crippen LogP contribution in [0.5, 0.6) is 0 Å². The quantitative estimate of drug-likeness (QED) is 0.579. The molecular weight excluding hydrogens is 209 g/mol. The van der Waals surface area contributed by atoms with Gasteiger partial charge in [0.1, 0.15) is 5.82 Å². The Labute approximate surface area is 94.1 Å². The summed E-state index contributed by atoms with van der Waals surface area (Å²) in [6.45, 7) is 0. The van der Waals surface area contributed by atoms with Crippen molar-refractivity contribution < 1.29 is 13.9 Å². The van der Waals surface area contributed by atoms with Gasteiger partial charge in [-0.15, -0.1) is 0 Å². The molecule has 0 spiro atoms. The van der Waals surface area contributed by atoms with E-state index in [1.165, 1.54) is 19.4 Å². The first-order chi connectivity index (χ1) is 7.56. The van der Waals surface area contributed by atoms with E-state index in [1.807, 2.05) is 0 Å². The van der Waals surface area contributed by atoms with Crippen LogP contribution in [0.3, 0.4) is 0 Å². The number of hydrogen-bond donors (Lipinski definition) is 0. The minimum absolute atomic E-state index is 0.200. The smallest absolute Gasteiger partial charge is 0.340 e. The first-order valence-electron chi connectivity index (χ1n) is 4.77. The lowest BCUT2D eigenvalue weighted by molar-refractivity contribution is -0.133. The van der Waals surface area contributed by atoms with Crippen molar-refractivity contribution in [2.75, 3.05) is 21.2 Å². The van der Waals surface area contributed by atoms with Gasteiger partial charge in [0, 0.05) is 25.9 Å². The van der Waals surface area contributed by atoms with Crippen LogP contribution in [0.1, 0.15) is 5.56 Å². The Morgan fingerprint density at radius 1 is 1.38 bits per heavy atom. The molecule has 0 atom stereocenters. The van der Waals surface area contributed by atoms with Crippen LogP contribution in [0.25, 0.3) is 5.57 Å². The third-order valence-corrected chi connectivity index (χ3v) is 1.96. The molecule has 0 aliphatic carbocycles. The fraction of sp³-hybridized carbons (Fsp3) is 0.250. The van der Waals surface area contributed by atoms with Crippen LogP contribution >= 0.6 is 0 Å². The number of hydrogen-bond acceptors (Lipinski definition) is 3. The lowest BCUT2D eigenvalue weighted by atomic mass is 10.1. The molecule has 0 radical (unpaired) electrons. The number of benzene rings is 1. The maximum absolute atomic E-state index is 13.5.